The molecule has 2 N–H and O–H groups in total. The van der Waals surface area contributed by atoms with Gasteiger partial charge in [0.25, 0.3) is 15.9 Å². The van der Waals surface area contributed by atoms with E-state index in [1.54, 1.807) is 6.92 Å². The van der Waals surface area contributed by atoms with Gasteiger partial charge in [0.1, 0.15) is 11.5 Å². The summed E-state index contributed by atoms with van der Waals surface area (Å²) in [6.07, 6.45) is 0. The number of benzene rings is 2. The van der Waals surface area contributed by atoms with E-state index in [0.717, 1.165) is 0 Å². The van der Waals surface area contributed by atoms with Gasteiger partial charge in [-0.2, -0.15) is 0 Å². The summed E-state index contributed by atoms with van der Waals surface area (Å²) < 4.78 is 43.5. The highest BCUT2D eigenvalue weighted by Gasteiger charge is 2.22. The Bertz CT molecular complexity index is 1030. The number of ether oxygens (including phenoxy) is 3. The van der Waals surface area contributed by atoms with Crippen LogP contribution >= 0.6 is 23.2 Å². The molecule has 164 valence electrons. The van der Waals surface area contributed by atoms with E-state index in [0.29, 0.717) is 12.4 Å². The Morgan fingerprint density at radius 2 is 1.70 bits per heavy atom. The fraction of sp³-hybridized carbons (Fsp3) is 0.316. The Labute approximate surface area is 185 Å². The highest BCUT2D eigenvalue weighted by atomic mass is 35.5. The molecule has 0 aromatic heterocycles. The average Bonchev–Trinajstić information content (AvgIpc) is 2.68. The summed E-state index contributed by atoms with van der Waals surface area (Å²) in [5, 5.41) is 3.00. The topological polar surface area (TPSA) is 103 Å². The van der Waals surface area contributed by atoms with Crippen LogP contribution in [0.5, 0.6) is 11.5 Å². The van der Waals surface area contributed by atoms with Crippen molar-refractivity contribution in [3.8, 4) is 11.5 Å². The molecule has 1 amide bonds. The predicted molar refractivity (Wildman–Crippen MR) is 116 cm³/mol. The van der Waals surface area contributed by atoms with Gasteiger partial charge in [-0.1, -0.05) is 23.2 Å². The summed E-state index contributed by atoms with van der Waals surface area (Å²) in [5.41, 5.74) is 0.125. The van der Waals surface area contributed by atoms with E-state index in [4.69, 9.17) is 37.4 Å². The van der Waals surface area contributed by atoms with Crippen LogP contribution in [-0.2, 0) is 14.8 Å². The van der Waals surface area contributed by atoms with Crippen LogP contribution in [-0.4, -0.2) is 48.3 Å². The predicted octanol–water partition coefficient (Wildman–Crippen LogP) is 3.58. The normalized spacial score (nSPS) is 12.2. The molecule has 0 aliphatic heterocycles. The van der Waals surface area contributed by atoms with E-state index in [-0.39, 0.29) is 38.0 Å². The average molecular weight is 477 g/mol. The summed E-state index contributed by atoms with van der Waals surface area (Å²) in [6, 6.07) is 6.35. The minimum Gasteiger partial charge on any atom is -0.495 e. The molecule has 0 bridgehead atoms. The van der Waals surface area contributed by atoms with Gasteiger partial charge in [-0.25, -0.2) is 8.42 Å². The first-order chi connectivity index (χ1) is 14.1. The largest absolute Gasteiger partial charge is 0.495 e. The number of hydrogen-bond acceptors (Lipinski definition) is 6. The maximum atomic E-state index is 12.9. The first-order valence-corrected chi connectivity index (χ1v) is 10.9. The van der Waals surface area contributed by atoms with Gasteiger partial charge in [0, 0.05) is 19.2 Å². The van der Waals surface area contributed by atoms with Crippen molar-refractivity contribution in [1.82, 2.24) is 5.32 Å². The molecule has 0 aliphatic rings. The fourth-order valence-electron chi connectivity index (χ4n) is 2.58. The van der Waals surface area contributed by atoms with Gasteiger partial charge in [0.15, 0.2) is 0 Å². The Morgan fingerprint density at radius 1 is 1.03 bits per heavy atom. The smallest absolute Gasteiger partial charge is 0.262 e. The Hall–Kier alpha value is -2.20. The number of methoxy groups -OCH3 is 3. The van der Waals surface area contributed by atoms with Crippen molar-refractivity contribution in [2.75, 3.05) is 32.7 Å². The van der Waals surface area contributed by atoms with Crippen molar-refractivity contribution >= 4 is 44.8 Å². The van der Waals surface area contributed by atoms with E-state index in [1.807, 2.05) is 0 Å². The Kier molecular flexibility index (Phi) is 8.19. The van der Waals surface area contributed by atoms with E-state index in [1.165, 1.54) is 51.7 Å². The SMILES string of the molecule is COCC(C)NC(=O)c1cc(S(=O)(=O)Nc2cc(Cl)c(OC)cc2OC)ccc1Cl. The molecule has 0 radical (unpaired) electrons. The quantitative estimate of drug-likeness (QED) is 0.573. The summed E-state index contributed by atoms with van der Waals surface area (Å²) in [6.45, 7) is 2.04. The zero-order valence-electron chi connectivity index (χ0n) is 16.8. The molecule has 0 saturated carbocycles. The minimum absolute atomic E-state index is 0.0159. The van der Waals surface area contributed by atoms with Crippen LogP contribution in [0.2, 0.25) is 10.0 Å². The molecule has 1 atom stereocenters. The molecule has 0 saturated heterocycles. The number of halogens is 2. The third-order valence-corrected chi connectivity index (χ3v) is 5.99. The van der Waals surface area contributed by atoms with Crippen LogP contribution in [0.15, 0.2) is 35.2 Å². The lowest BCUT2D eigenvalue weighted by Crippen LogP contribution is -2.35. The number of rotatable bonds is 9. The first-order valence-electron chi connectivity index (χ1n) is 8.66. The zero-order valence-corrected chi connectivity index (χ0v) is 19.1. The molecule has 2 aromatic carbocycles. The second kappa shape index (κ2) is 10.2. The van der Waals surface area contributed by atoms with Crippen LogP contribution in [0.25, 0.3) is 0 Å². The van der Waals surface area contributed by atoms with Crippen LogP contribution in [0.1, 0.15) is 17.3 Å². The third kappa shape index (κ3) is 5.69. The lowest BCUT2D eigenvalue weighted by Gasteiger charge is -2.16. The summed E-state index contributed by atoms with van der Waals surface area (Å²) in [7, 11) is 0.232. The maximum Gasteiger partial charge on any atom is 0.262 e. The van der Waals surface area contributed by atoms with Gasteiger partial charge in [-0.15, -0.1) is 0 Å². The van der Waals surface area contributed by atoms with Crippen LogP contribution in [0.3, 0.4) is 0 Å². The lowest BCUT2D eigenvalue weighted by molar-refractivity contribution is 0.0905. The second-order valence-corrected chi connectivity index (χ2v) is 8.76. The molecule has 1 unspecified atom stereocenters. The first kappa shape index (κ1) is 24.1. The molecule has 2 aromatic rings. The lowest BCUT2D eigenvalue weighted by atomic mass is 10.2. The fourth-order valence-corrected chi connectivity index (χ4v) is 4.11. The number of carbonyl (C=O) groups is 1. The van der Waals surface area contributed by atoms with Crippen LogP contribution in [0, 0.1) is 0 Å². The van der Waals surface area contributed by atoms with Gasteiger partial charge in [0.2, 0.25) is 0 Å². The number of sulfonamides is 1. The van der Waals surface area contributed by atoms with Crippen molar-refractivity contribution < 1.29 is 27.4 Å². The number of hydrogen-bond donors (Lipinski definition) is 2. The van der Waals surface area contributed by atoms with Crippen molar-refractivity contribution in [1.29, 1.82) is 0 Å². The van der Waals surface area contributed by atoms with Gasteiger partial charge >= 0.3 is 0 Å². The molecule has 0 heterocycles. The maximum absolute atomic E-state index is 12.9. The van der Waals surface area contributed by atoms with Crippen LogP contribution in [0.4, 0.5) is 5.69 Å². The molecule has 11 heteroatoms. The number of nitrogens with one attached hydrogen (secondary N) is 2. The third-order valence-electron chi connectivity index (χ3n) is 4.01. The van der Waals surface area contributed by atoms with E-state index >= 15 is 0 Å². The second-order valence-electron chi connectivity index (χ2n) is 6.26. The minimum atomic E-state index is -4.09. The van der Waals surface area contributed by atoms with Crippen molar-refractivity contribution in [2.24, 2.45) is 0 Å². The van der Waals surface area contributed by atoms with Crippen molar-refractivity contribution in [3.05, 3.63) is 45.9 Å². The van der Waals surface area contributed by atoms with Gasteiger partial charge in [-0.3, -0.25) is 9.52 Å². The summed E-state index contributed by atoms with van der Waals surface area (Å²) >= 11 is 12.2. The molecular formula is C19H22Cl2N2O6S. The Balaban J connectivity index is 2.37. The summed E-state index contributed by atoms with van der Waals surface area (Å²) in [5.74, 6) is 0.0129. The molecule has 2 rings (SSSR count). The standard InChI is InChI=1S/C19H22Cl2N2O6S/c1-11(10-27-2)22-19(24)13-7-12(5-6-14(13)20)30(25,26)23-16-8-15(21)17(28-3)9-18(16)29-4/h5-9,11,23H,10H2,1-4H3,(H,22,24). The van der Waals surface area contributed by atoms with Crippen molar-refractivity contribution in [2.45, 2.75) is 17.9 Å². The van der Waals surface area contributed by atoms with Crippen molar-refractivity contribution in [3.63, 3.8) is 0 Å². The molecule has 0 fully saturated rings. The van der Waals surface area contributed by atoms with Gasteiger partial charge < -0.3 is 19.5 Å². The number of amides is 1. The van der Waals surface area contributed by atoms with E-state index < -0.39 is 15.9 Å². The summed E-state index contributed by atoms with van der Waals surface area (Å²) in [4.78, 5) is 12.3. The van der Waals surface area contributed by atoms with E-state index in [9.17, 15) is 13.2 Å². The van der Waals surface area contributed by atoms with Crippen LogP contribution < -0.4 is 19.5 Å². The monoisotopic (exact) mass is 476 g/mol. The number of anilines is 1. The molecule has 30 heavy (non-hydrogen) atoms. The van der Waals surface area contributed by atoms with Gasteiger partial charge in [-0.05, 0) is 31.2 Å². The van der Waals surface area contributed by atoms with E-state index in [2.05, 4.69) is 10.0 Å². The molecule has 0 spiro atoms. The number of carbonyl (C=O) groups excluding carboxylic acids is 1. The Morgan fingerprint density at radius 3 is 2.30 bits per heavy atom. The molecule has 0 aliphatic carbocycles. The van der Waals surface area contributed by atoms with Gasteiger partial charge in [0.05, 0.1) is 47.0 Å². The zero-order chi connectivity index (χ0) is 22.5. The molecule has 8 nitrogen and oxygen atoms in total. The highest BCUT2D eigenvalue weighted by molar-refractivity contribution is 7.92. The highest BCUT2D eigenvalue weighted by Crippen LogP contribution is 2.37. The molecular weight excluding hydrogens is 455 g/mol.